The van der Waals surface area contributed by atoms with E-state index in [0.717, 1.165) is 4.57 Å². The van der Waals surface area contributed by atoms with Gasteiger partial charge in [0.05, 0.1) is 6.61 Å². The molecule has 0 aromatic carbocycles. The number of nitro groups is 1. The van der Waals surface area contributed by atoms with Crippen molar-refractivity contribution in [2.24, 2.45) is 0 Å². The number of anilines is 1. The van der Waals surface area contributed by atoms with Gasteiger partial charge in [-0.15, -0.1) is 0 Å². The molecule has 0 spiro atoms. The Morgan fingerprint density at radius 3 is 2.88 bits per heavy atom. The predicted molar refractivity (Wildman–Crippen MR) is 77.6 cm³/mol. The number of H-pyrrole nitrogens is 1. The summed E-state index contributed by atoms with van der Waals surface area (Å²) < 4.78 is 26.8. The lowest BCUT2D eigenvalue weighted by Crippen LogP contribution is -2.41. The van der Waals surface area contributed by atoms with E-state index in [-0.39, 0.29) is 11.6 Å². The quantitative estimate of drug-likeness (QED) is 0.281. The van der Waals surface area contributed by atoms with E-state index in [1.165, 1.54) is 0 Å². The number of rotatable bonds is 2. The maximum atomic E-state index is 11.9. The fraction of sp³-hybridized carbons (Fsp3) is 0.500. The fourth-order valence-electron chi connectivity index (χ4n) is 2.89. The van der Waals surface area contributed by atoms with Crippen LogP contribution in [0.3, 0.4) is 0 Å². The third-order valence-electron chi connectivity index (χ3n) is 3.93. The summed E-state index contributed by atoms with van der Waals surface area (Å²) in [5.74, 6) is -1.19. The molecule has 2 aromatic rings. The van der Waals surface area contributed by atoms with Gasteiger partial charge in [-0.25, -0.2) is 0 Å². The largest absolute Gasteiger partial charge is 0.756 e. The van der Waals surface area contributed by atoms with Gasteiger partial charge < -0.3 is 39.6 Å². The van der Waals surface area contributed by atoms with Gasteiger partial charge in [-0.05, 0) is 4.92 Å². The molecule has 0 aliphatic carbocycles. The van der Waals surface area contributed by atoms with Gasteiger partial charge in [-0.1, -0.05) is 4.98 Å². The molecule has 0 saturated carbocycles. The van der Waals surface area contributed by atoms with Crippen molar-refractivity contribution in [3.8, 4) is 0 Å². The number of ether oxygens (including phenoxy) is 1. The second kappa shape index (κ2) is 5.54. The highest BCUT2D eigenvalue weighted by Crippen LogP contribution is 2.50. The zero-order valence-corrected chi connectivity index (χ0v) is 13.4. The van der Waals surface area contributed by atoms with Crippen molar-refractivity contribution in [1.29, 1.82) is 0 Å². The monoisotopic (exact) mass is 389 g/mol. The minimum atomic E-state index is -4.63. The average molecular weight is 389 g/mol. The summed E-state index contributed by atoms with van der Waals surface area (Å²) in [5, 5.41) is 21.7. The normalized spacial score (nSPS) is 34.1. The van der Waals surface area contributed by atoms with Crippen molar-refractivity contribution in [2.45, 2.75) is 24.5 Å². The number of nitrogens with two attached hydrogens (primary N) is 1. The Hall–Kier alpha value is -2.42. The molecule has 15 nitrogen and oxygen atoms in total. The van der Waals surface area contributed by atoms with E-state index in [0.29, 0.717) is 0 Å². The Balaban J connectivity index is 1.86. The van der Waals surface area contributed by atoms with E-state index in [1.807, 2.05) is 0 Å². The number of fused-ring (bicyclic) bond motifs is 2. The average Bonchev–Trinajstić information content (AvgIpc) is 3.05. The molecule has 4 N–H and O–H groups in total. The Morgan fingerprint density at radius 1 is 1.46 bits per heavy atom. The summed E-state index contributed by atoms with van der Waals surface area (Å²) >= 11 is 0. The van der Waals surface area contributed by atoms with Gasteiger partial charge >= 0.3 is 5.95 Å². The zero-order chi connectivity index (χ0) is 18.8. The van der Waals surface area contributed by atoms with Crippen LogP contribution in [-0.2, 0) is 18.3 Å². The summed E-state index contributed by atoms with van der Waals surface area (Å²) in [5.41, 5.74) is 3.92. The van der Waals surface area contributed by atoms with Crippen LogP contribution in [0.15, 0.2) is 4.79 Å². The third-order valence-corrected chi connectivity index (χ3v) is 4.89. The molecule has 26 heavy (non-hydrogen) atoms. The lowest BCUT2D eigenvalue weighted by Gasteiger charge is -2.34. The van der Waals surface area contributed by atoms with Crippen LogP contribution >= 0.6 is 7.82 Å². The number of aliphatic hydroxyl groups excluding tert-OH is 1. The summed E-state index contributed by atoms with van der Waals surface area (Å²) in [4.78, 5) is 43.3. The van der Waals surface area contributed by atoms with Gasteiger partial charge in [-0.3, -0.25) is 14.3 Å². The van der Waals surface area contributed by atoms with Crippen molar-refractivity contribution in [2.75, 3.05) is 12.3 Å². The molecule has 2 aromatic heterocycles. The number of aromatic amines is 1. The summed E-state index contributed by atoms with van der Waals surface area (Å²) in [6.45, 7) is -0.449. The molecule has 2 saturated heterocycles. The molecule has 140 valence electrons. The number of aromatic nitrogens is 4. The highest BCUT2D eigenvalue weighted by atomic mass is 31.2. The molecule has 1 unspecified atom stereocenters. The number of nitrogens with zero attached hydrogens (tertiary/aromatic N) is 4. The van der Waals surface area contributed by atoms with Crippen molar-refractivity contribution in [1.82, 2.24) is 19.5 Å². The minimum Gasteiger partial charge on any atom is -0.756 e. The van der Waals surface area contributed by atoms with Gasteiger partial charge in [0.25, 0.3) is 18.9 Å². The lowest BCUT2D eigenvalue weighted by atomic mass is 10.1. The SMILES string of the molecule is Nc1nc2c(nc([N+](=O)[O-])n2[C@@H]2O[C@@H]3COP(=O)([O-])O[C@H]3[C@H]2O)c(=O)[nH]1. The molecule has 0 amide bonds. The molecule has 2 aliphatic heterocycles. The Kier molecular flexibility index (Phi) is 3.62. The third kappa shape index (κ3) is 2.49. The maximum Gasteiger partial charge on any atom is 0.439 e. The molecule has 5 atom stereocenters. The number of phosphoric ester groups is 1. The highest BCUT2D eigenvalue weighted by molar-refractivity contribution is 7.45. The Morgan fingerprint density at radius 2 is 2.19 bits per heavy atom. The van der Waals surface area contributed by atoms with Crippen LogP contribution in [0.25, 0.3) is 11.2 Å². The van der Waals surface area contributed by atoms with Crippen molar-refractivity contribution in [3.05, 3.63) is 20.5 Å². The van der Waals surface area contributed by atoms with Gasteiger partial charge in [0.15, 0.2) is 0 Å². The summed E-state index contributed by atoms with van der Waals surface area (Å²) in [6.07, 6.45) is -5.54. The first kappa shape index (κ1) is 17.0. The first-order valence-corrected chi connectivity index (χ1v) is 8.53. The number of nitrogen functional groups attached to an aromatic ring is 1. The summed E-state index contributed by atoms with van der Waals surface area (Å²) in [7, 11) is -4.63. The Bertz CT molecular complexity index is 1020. The van der Waals surface area contributed by atoms with E-state index < -0.39 is 60.9 Å². The lowest BCUT2D eigenvalue weighted by molar-refractivity contribution is -0.398. The van der Waals surface area contributed by atoms with Crippen molar-refractivity contribution >= 4 is 30.9 Å². The van der Waals surface area contributed by atoms with Crippen LogP contribution in [0, 0.1) is 10.1 Å². The van der Waals surface area contributed by atoms with Gasteiger partial charge in [0.2, 0.25) is 17.8 Å². The van der Waals surface area contributed by atoms with E-state index in [4.69, 9.17) is 10.5 Å². The Labute approximate surface area is 142 Å². The summed E-state index contributed by atoms with van der Waals surface area (Å²) in [6, 6.07) is 0. The van der Waals surface area contributed by atoms with Gasteiger partial charge in [0, 0.05) is 0 Å². The second-order valence-electron chi connectivity index (χ2n) is 5.53. The number of nitrogens with one attached hydrogen (secondary N) is 1. The second-order valence-corrected chi connectivity index (χ2v) is 6.89. The molecule has 2 fully saturated rings. The number of imidazole rings is 1. The number of hydrogen-bond acceptors (Lipinski definition) is 12. The molecule has 16 heteroatoms. The van der Waals surface area contributed by atoms with Crippen LogP contribution in [-0.4, -0.2) is 54.5 Å². The van der Waals surface area contributed by atoms with Gasteiger partial charge in [0.1, 0.15) is 18.3 Å². The van der Waals surface area contributed by atoms with Crippen molar-refractivity contribution < 1.29 is 33.3 Å². The molecule has 2 aliphatic rings. The maximum absolute atomic E-state index is 11.9. The minimum absolute atomic E-state index is 0.313. The van der Waals surface area contributed by atoms with Crippen LogP contribution in [0.2, 0.25) is 0 Å². The number of phosphoric acid groups is 1. The van der Waals surface area contributed by atoms with Crippen LogP contribution in [0.4, 0.5) is 11.9 Å². The fourth-order valence-corrected chi connectivity index (χ4v) is 3.84. The van der Waals surface area contributed by atoms with E-state index in [9.17, 15) is 29.5 Å². The topological polar surface area (TPSA) is 221 Å². The predicted octanol–water partition coefficient (Wildman–Crippen LogP) is -2.25. The highest BCUT2D eigenvalue weighted by Gasteiger charge is 2.53. The van der Waals surface area contributed by atoms with Crippen LogP contribution in [0.5, 0.6) is 0 Å². The standard InChI is InChI=1S/C10H11N6O9P/c11-9-13-6-3(7(18)14-9)12-10(16(19)20)15(6)8-4(17)5-2(24-8)1-23-26(21,22)25-5/h2,4-5,8,17H,1H2,(H,21,22)(H3,11,13,14,18)/p-1/t2-,4-,5-,8-/m1/s1. The van der Waals surface area contributed by atoms with E-state index >= 15 is 0 Å². The van der Waals surface area contributed by atoms with Crippen molar-refractivity contribution in [3.63, 3.8) is 0 Å². The molecule has 0 radical (unpaired) electrons. The zero-order valence-electron chi connectivity index (χ0n) is 12.5. The first-order chi connectivity index (χ1) is 12.2. The molecule has 4 heterocycles. The number of aliphatic hydroxyl groups is 1. The van der Waals surface area contributed by atoms with Gasteiger partial charge in [-0.2, -0.15) is 9.55 Å². The first-order valence-electron chi connectivity index (χ1n) is 7.07. The molecule has 0 bridgehead atoms. The van der Waals surface area contributed by atoms with Crippen LogP contribution in [0.1, 0.15) is 6.23 Å². The van der Waals surface area contributed by atoms with E-state index in [1.54, 1.807) is 0 Å². The smallest absolute Gasteiger partial charge is 0.439 e. The van der Waals surface area contributed by atoms with Crippen LogP contribution < -0.4 is 16.2 Å². The molecular weight excluding hydrogens is 379 g/mol. The van der Waals surface area contributed by atoms with E-state index in [2.05, 4.69) is 24.0 Å². The molecule has 4 rings (SSSR count). The molecular formula is C10H10N6O9P-. The number of hydrogen-bond donors (Lipinski definition) is 3.